The van der Waals surface area contributed by atoms with E-state index >= 15 is 0 Å². The van der Waals surface area contributed by atoms with Crippen LogP contribution in [0.2, 0.25) is 0 Å². The van der Waals surface area contributed by atoms with Gasteiger partial charge in [-0.3, -0.25) is 14.4 Å². The van der Waals surface area contributed by atoms with Crippen LogP contribution in [0, 0.1) is 12.8 Å². The number of benzene rings is 1. The number of carbonyl (C=O) groups excluding carboxylic acids is 3. The molecule has 2 heterocycles. The fourth-order valence-corrected chi connectivity index (χ4v) is 3.95. The van der Waals surface area contributed by atoms with Crippen molar-refractivity contribution in [2.75, 3.05) is 19.6 Å². The molecular weight excluding hydrogens is 342 g/mol. The van der Waals surface area contributed by atoms with E-state index < -0.39 is 0 Å². The van der Waals surface area contributed by atoms with Crippen molar-refractivity contribution in [1.82, 2.24) is 15.1 Å². The van der Waals surface area contributed by atoms with E-state index in [4.69, 9.17) is 0 Å². The fraction of sp³-hybridized carbons (Fsp3) is 0.571. The molecule has 146 valence electrons. The van der Waals surface area contributed by atoms with Gasteiger partial charge in [0.25, 0.3) is 5.91 Å². The van der Waals surface area contributed by atoms with Gasteiger partial charge in [0.05, 0.1) is 5.92 Å². The Bertz CT molecular complexity index is 723. The first kappa shape index (κ1) is 19.4. The average Bonchev–Trinajstić information content (AvgIpc) is 3.04. The van der Waals surface area contributed by atoms with Gasteiger partial charge in [-0.25, -0.2) is 0 Å². The summed E-state index contributed by atoms with van der Waals surface area (Å²) in [7, 11) is 0. The molecule has 0 radical (unpaired) electrons. The van der Waals surface area contributed by atoms with Crippen LogP contribution in [0.4, 0.5) is 0 Å². The van der Waals surface area contributed by atoms with Gasteiger partial charge in [0.2, 0.25) is 11.8 Å². The van der Waals surface area contributed by atoms with Gasteiger partial charge < -0.3 is 15.1 Å². The molecule has 2 fully saturated rings. The van der Waals surface area contributed by atoms with Crippen LogP contribution in [0.5, 0.6) is 0 Å². The molecule has 6 heteroatoms. The summed E-state index contributed by atoms with van der Waals surface area (Å²) in [6, 6.07) is 7.77. The normalized spacial score (nSPS) is 21.0. The Labute approximate surface area is 160 Å². The van der Waals surface area contributed by atoms with Crippen molar-refractivity contribution < 1.29 is 14.4 Å². The molecule has 0 saturated carbocycles. The number of nitrogens with one attached hydrogen (secondary N) is 1. The third-order valence-corrected chi connectivity index (χ3v) is 5.55. The number of piperidine rings is 1. The lowest BCUT2D eigenvalue weighted by atomic mass is 10.0. The Balaban J connectivity index is 1.49. The summed E-state index contributed by atoms with van der Waals surface area (Å²) in [5.41, 5.74) is 1.73. The van der Waals surface area contributed by atoms with Gasteiger partial charge in [-0.05, 0) is 45.7 Å². The number of carbonyl (C=O) groups is 3. The number of amides is 3. The summed E-state index contributed by atoms with van der Waals surface area (Å²) >= 11 is 0. The molecular formula is C21H29N3O3. The van der Waals surface area contributed by atoms with Gasteiger partial charge in [-0.1, -0.05) is 17.7 Å². The Kier molecular flexibility index (Phi) is 5.82. The quantitative estimate of drug-likeness (QED) is 0.880. The lowest BCUT2D eigenvalue weighted by Crippen LogP contribution is -2.48. The standard InChI is InChI=1S/C21H29N3O3/c1-14(2)24-13-17(12-19(24)25)21(27)23-9-7-18(8-10-23)22-20(26)16-6-4-5-15(3)11-16/h4-6,11,14,17-18H,7-10,12-13H2,1-3H3,(H,22,26). The highest BCUT2D eigenvalue weighted by molar-refractivity contribution is 5.94. The number of hydrogen-bond donors (Lipinski definition) is 1. The summed E-state index contributed by atoms with van der Waals surface area (Å²) in [6.45, 7) is 7.71. The number of nitrogens with zero attached hydrogens (tertiary/aromatic N) is 2. The summed E-state index contributed by atoms with van der Waals surface area (Å²) in [6.07, 6.45) is 1.82. The van der Waals surface area contributed by atoms with Crippen LogP contribution in [-0.4, -0.2) is 59.2 Å². The molecule has 2 aliphatic rings. The summed E-state index contributed by atoms with van der Waals surface area (Å²) < 4.78 is 0. The van der Waals surface area contributed by atoms with E-state index in [0.29, 0.717) is 31.6 Å². The summed E-state index contributed by atoms with van der Waals surface area (Å²) in [5, 5.41) is 3.08. The molecule has 6 nitrogen and oxygen atoms in total. The van der Waals surface area contributed by atoms with Crippen LogP contribution < -0.4 is 5.32 Å². The second-order valence-electron chi connectivity index (χ2n) is 7.98. The number of aryl methyl sites for hydroxylation is 1. The Morgan fingerprint density at radius 3 is 2.48 bits per heavy atom. The third kappa shape index (κ3) is 4.49. The predicted molar refractivity (Wildman–Crippen MR) is 103 cm³/mol. The monoisotopic (exact) mass is 371 g/mol. The molecule has 0 spiro atoms. The molecule has 3 rings (SSSR count). The zero-order valence-corrected chi connectivity index (χ0v) is 16.4. The zero-order chi connectivity index (χ0) is 19.6. The smallest absolute Gasteiger partial charge is 0.251 e. The molecule has 1 atom stereocenters. The molecule has 1 aromatic carbocycles. The van der Waals surface area contributed by atoms with Crippen LogP contribution in [0.1, 0.15) is 49.0 Å². The van der Waals surface area contributed by atoms with Crippen molar-refractivity contribution in [3.63, 3.8) is 0 Å². The van der Waals surface area contributed by atoms with E-state index in [9.17, 15) is 14.4 Å². The minimum atomic E-state index is -0.224. The number of likely N-dealkylation sites (tertiary alicyclic amines) is 2. The summed E-state index contributed by atoms with van der Waals surface area (Å²) in [5.74, 6) is -0.130. The molecule has 3 amide bonds. The first-order chi connectivity index (χ1) is 12.8. The molecule has 1 aromatic rings. The molecule has 2 aliphatic heterocycles. The maximum atomic E-state index is 12.8. The summed E-state index contributed by atoms with van der Waals surface area (Å²) in [4.78, 5) is 40.9. The molecule has 0 bridgehead atoms. The minimum Gasteiger partial charge on any atom is -0.349 e. The molecule has 2 saturated heterocycles. The second kappa shape index (κ2) is 8.11. The fourth-order valence-electron chi connectivity index (χ4n) is 3.95. The Morgan fingerprint density at radius 1 is 1.19 bits per heavy atom. The van der Waals surface area contributed by atoms with Crippen LogP contribution >= 0.6 is 0 Å². The topological polar surface area (TPSA) is 69.7 Å². The minimum absolute atomic E-state index is 0.0579. The van der Waals surface area contributed by atoms with E-state index in [1.807, 2.05) is 49.9 Å². The average molecular weight is 371 g/mol. The maximum Gasteiger partial charge on any atom is 0.251 e. The molecule has 27 heavy (non-hydrogen) atoms. The van der Waals surface area contributed by atoms with Gasteiger partial charge in [-0.15, -0.1) is 0 Å². The van der Waals surface area contributed by atoms with Crippen molar-refractivity contribution in [3.05, 3.63) is 35.4 Å². The van der Waals surface area contributed by atoms with Crippen molar-refractivity contribution in [2.45, 2.75) is 52.1 Å². The van der Waals surface area contributed by atoms with E-state index in [1.54, 1.807) is 4.90 Å². The van der Waals surface area contributed by atoms with E-state index in [1.165, 1.54) is 0 Å². The highest BCUT2D eigenvalue weighted by atomic mass is 16.2. The van der Waals surface area contributed by atoms with Gasteiger partial charge in [0.1, 0.15) is 0 Å². The van der Waals surface area contributed by atoms with Crippen LogP contribution in [-0.2, 0) is 9.59 Å². The van der Waals surface area contributed by atoms with Crippen LogP contribution in [0.25, 0.3) is 0 Å². The SMILES string of the molecule is Cc1cccc(C(=O)NC2CCN(C(=O)C3CC(=O)N(C(C)C)C3)CC2)c1. The molecule has 0 aromatic heterocycles. The predicted octanol–water partition coefficient (Wildman–Crippen LogP) is 1.97. The lowest BCUT2D eigenvalue weighted by Gasteiger charge is -2.34. The first-order valence-electron chi connectivity index (χ1n) is 9.81. The molecule has 1 N–H and O–H groups in total. The third-order valence-electron chi connectivity index (χ3n) is 5.55. The van der Waals surface area contributed by atoms with Gasteiger partial charge >= 0.3 is 0 Å². The van der Waals surface area contributed by atoms with E-state index in [-0.39, 0.29) is 35.7 Å². The Morgan fingerprint density at radius 2 is 1.89 bits per heavy atom. The van der Waals surface area contributed by atoms with Crippen molar-refractivity contribution >= 4 is 17.7 Å². The maximum absolute atomic E-state index is 12.8. The van der Waals surface area contributed by atoms with Gasteiger partial charge in [0.15, 0.2) is 0 Å². The molecule has 1 unspecified atom stereocenters. The number of rotatable bonds is 4. The van der Waals surface area contributed by atoms with Crippen LogP contribution in [0.15, 0.2) is 24.3 Å². The first-order valence-corrected chi connectivity index (χ1v) is 9.81. The van der Waals surface area contributed by atoms with Crippen molar-refractivity contribution in [3.8, 4) is 0 Å². The van der Waals surface area contributed by atoms with Gasteiger partial charge in [-0.2, -0.15) is 0 Å². The van der Waals surface area contributed by atoms with Gasteiger partial charge in [0, 0.05) is 43.7 Å². The molecule has 0 aliphatic carbocycles. The van der Waals surface area contributed by atoms with Crippen molar-refractivity contribution in [1.29, 1.82) is 0 Å². The van der Waals surface area contributed by atoms with Crippen LogP contribution in [0.3, 0.4) is 0 Å². The number of hydrogen-bond acceptors (Lipinski definition) is 3. The second-order valence-corrected chi connectivity index (χ2v) is 7.98. The lowest BCUT2D eigenvalue weighted by molar-refractivity contribution is -0.136. The highest BCUT2D eigenvalue weighted by Gasteiger charge is 2.38. The van der Waals surface area contributed by atoms with E-state index in [0.717, 1.165) is 18.4 Å². The van der Waals surface area contributed by atoms with Crippen molar-refractivity contribution in [2.24, 2.45) is 5.92 Å². The van der Waals surface area contributed by atoms with E-state index in [2.05, 4.69) is 5.32 Å². The zero-order valence-electron chi connectivity index (χ0n) is 16.4. The highest BCUT2D eigenvalue weighted by Crippen LogP contribution is 2.24. The largest absolute Gasteiger partial charge is 0.349 e. The Hall–Kier alpha value is -2.37.